The first-order chi connectivity index (χ1) is 9.24. The molecule has 0 bridgehead atoms. The third-order valence-corrected chi connectivity index (χ3v) is 4.22. The molecule has 19 heavy (non-hydrogen) atoms. The molecule has 0 radical (unpaired) electrons. The molecule has 2 aromatic heterocycles. The number of aryl methyl sites for hydroxylation is 1. The molecule has 0 aliphatic heterocycles. The highest BCUT2D eigenvalue weighted by molar-refractivity contribution is 7.13. The van der Waals surface area contributed by atoms with Crippen molar-refractivity contribution < 1.29 is 4.79 Å². The predicted octanol–water partition coefficient (Wildman–Crippen LogP) is 2.45. The minimum absolute atomic E-state index is 0.197. The lowest BCUT2D eigenvalue weighted by Gasteiger charge is -2.06. The van der Waals surface area contributed by atoms with Crippen molar-refractivity contribution in [3.05, 3.63) is 29.3 Å². The summed E-state index contributed by atoms with van der Waals surface area (Å²) in [6, 6.07) is 6.20. The summed E-state index contributed by atoms with van der Waals surface area (Å²) in [5, 5.41) is 9.61. The van der Waals surface area contributed by atoms with Crippen molar-refractivity contribution in [1.29, 1.82) is 0 Å². The first-order valence-electron chi connectivity index (χ1n) is 6.60. The van der Waals surface area contributed by atoms with E-state index in [1.165, 1.54) is 4.88 Å². The van der Waals surface area contributed by atoms with Crippen LogP contribution in [0.2, 0.25) is 0 Å². The van der Waals surface area contributed by atoms with E-state index in [9.17, 15) is 4.79 Å². The molecular weight excluding hydrogens is 258 g/mol. The molecular formula is C14H17N3OS. The second-order valence-corrected chi connectivity index (χ2v) is 5.88. The quantitative estimate of drug-likeness (QED) is 0.911. The fourth-order valence-corrected chi connectivity index (χ4v) is 2.74. The molecule has 5 heteroatoms. The van der Waals surface area contributed by atoms with E-state index in [0.29, 0.717) is 6.54 Å². The van der Waals surface area contributed by atoms with Crippen LogP contribution in [0.1, 0.15) is 18.5 Å². The van der Waals surface area contributed by atoms with E-state index in [0.717, 1.165) is 30.8 Å². The second-order valence-electron chi connectivity index (χ2n) is 4.94. The SMILES string of the molecule is Cc1cc(-c2cccs2)nn1CCNC(=O)C1CC1. The zero-order chi connectivity index (χ0) is 13.2. The van der Waals surface area contributed by atoms with Gasteiger partial charge in [0.05, 0.1) is 11.4 Å². The van der Waals surface area contributed by atoms with E-state index in [-0.39, 0.29) is 11.8 Å². The van der Waals surface area contributed by atoms with Crippen LogP contribution in [0.3, 0.4) is 0 Å². The fourth-order valence-electron chi connectivity index (χ4n) is 2.06. The van der Waals surface area contributed by atoms with Crippen LogP contribution in [0.15, 0.2) is 23.6 Å². The van der Waals surface area contributed by atoms with Gasteiger partial charge in [0, 0.05) is 18.2 Å². The van der Waals surface area contributed by atoms with Crippen molar-refractivity contribution in [2.45, 2.75) is 26.3 Å². The van der Waals surface area contributed by atoms with Crippen molar-refractivity contribution in [3.8, 4) is 10.6 Å². The van der Waals surface area contributed by atoms with Gasteiger partial charge in [-0.3, -0.25) is 9.48 Å². The van der Waals surface area contributed by atoms with Crippen molar-refractivity contribution in [1.82, 2.24) is 15.1 Å². The Kier molecular flexibility index (Phi) is 3.38. The van der Waals surface area contributed by atoms with E-state index in [1.807, 2.05) is 17.7 Å². The Balaban J connectivity index is 1.60. The number of rotatable bonds is 5. The maximum absolute atomic E-state index is 11.5. The summed E-state index contributed by atoms with van der Waals surface area (Å²) in [6.07, 6.45) is 2.10. The summed E-state index contributed by atoms with van der Waals surface area (Å²) >= 11 is 1.69. The minimum atomic E-state index is 0.197. The number of thiophene rings is 1. The Hall–Kier alpha value is -1.62. The van der Waals surface area contributed by atoms with Crippen LogP contribution in [0.5, 0.6) is 0 Å². The molecule has 4 nitrogen and oxygen atoms in total. The molecule has 2 aromatic rings. The van der Waals surface area contributed by atoms with Gasteiger partial charge in [-0.05, 0) is 37.3 Å². The van der Waals surface area contributed by atoms with E-state index in [2.05, 4.69) is 27.9 Å². The molecule has 1 fully saturated rings. The molecule has 100 valence electrons. The van der Waals surface area contributed by atoms with Gasteiger partial charge in [-0.1, -0.05) is 6.07 Å². The maximum Gasteiger partial charge on any atom is 0.223 e. The number of hydrogen-bond acceptors (Lipinski definition) is 3. The van der Waals surface area contributed by atoms with E-state index < -0.39 is 0 Å². The Morgan fingerprint density at radius 1 is 1.58 bits per heavy atom. The highest BCUT2D eigenvalue weighted by atomic mass is 32.1. The monoisotopic (exact) mass is 275 g/mol. The summed E-state index contributed by atoms with van der Waals surface area (Å²) in [5.74, 6) is 0.476. The number of amides is 1. The lowest BCUT2D eigenvalue weighted by Crippen LogP contribution is -2.28. The van der Waals surface area contributed by atoms with Crippen LogP contribution in [0, 0.1) is 12.8 Å². The first kappa shape index (κ1) is 12.4. The normalized spacial score (nSPS) is 14.6. The average molecular weight is 275 g/mol. The van der Waals surface area contributed by atoms with Gasteiger partial charge >= 0.3 is 0 Å². The number of carbonyl (C=O) groups is 1. The average Bonchev–Trinajstić information content (AvgIpc) is 2.98. The van der Waals surface area contributed by atoms with Crippen LogP contribution in [0.4, 0.5) is 0 Å². The molecule has 0 unspecified atom stereocenters. The molecule has 0 aromatic carbocycles. The van der Waals surface area contributed by atoms with E-state index >= 15 is 0 Å². The summed E-state index contributed by atoms with van der Waals surface area (Å²) in [4.78, 5) is 12.7. The van der Waals surface area contributed by atoms with Gasteiger partial charge in [0.2, 0.25) is 5.91 Å². The highest BCUT2D eigenvalue weighted by Crippen LogP contribution is 2.28. The van der Waals surface area contributed by atoms with Crippen LogP contribution < -0.4 is 5.32 Å². The topological polar surface area (TPSA) is 46.9 Å². The molecule has 1 aliphatic carbocycles. The Labute approximate surface area is 116 Å². The van der Waals surface area contributed by atoms with Gasteiger partial charge in [0.15, 0.2) is 0 Å². The van der Waals surface area contributed by atoms with Gasteiger partial charge in [0.25, 0.3) is 0 Å². The van der Waals surface area contributed by atoms with Gasteiger partial charge in [-0.15, -0.1) is 11.3 Å². The third-order valence-electron chi connectivity index (χ3n) is 3.33. The molecule has 1 amide bonds. The summed E-state index contributed by atoms with van der Waals surface area (Å²) in [6.45, 7) is 3.43. The van der Waals surface area contributed by atoms with Crippen molar-refractivity contribution in [2.75, 3.05) is 6.54 Å². The van der Waals surface area contributed by atoms with Gasteiger partial charge < -0.3 is 5.32 Å². The van der Waals surface area contributed by atoms with Crippen molar-refractivity contribution in [2.24, 2.45) is 5.92 Å². The third kappa shape index (κ3) is 2.87. The number of aromatic nitrogens is 2. The number of carbonyl (C=O) groups excluding carboxylic acids is 1. The smallest absolute Gasteiger partial charge is 0.223 e. The molecule has 1 N–H and O–H groups in total. The molecule has 0 atom stereocenters. The van der Waals surface area contributed by atoms with Gasteiger partial charge in [-0.2, -0.15) is 5.10 Å². The largest absolute Gasteiger partial charge is 0.354 e. The number of hydrogen-bond donors (Lipinski definition) is 1. The van der Waals surface area contributed by atoms with Crippen molar-refractivity contribution >= 4 is 17.2 Å². The zero-order valence-electron chi connectivity index (χ0n) is 10.9. The zero-order valence-corrected chi connectivity index (χ0v) is 11.7. The number of nitrogens with zero attached hydrogens (tertiary/aromatic N) is 2. The molecule has 2 heterocycles. The molecule has 0 spiro atoms. The van der Waals surface area contributed by atoms with Crippen LogP contribution >= 0.6 is 11.3 Å². The Bertz CT molecular complexity index is 570. The van der Waals surface area contributed by atoms with Gasteiger partial charge in [0.1, 0.15) is 5.69 Å². The minimum Gasteiger partial charge on any atom is -0.354 e. The first-order valence-corrected chi connectivity index (χ1v) is 7.48. The molecule has 0 saturated heterocycles. The van der Waals surface area contributed by atoms with Crippen LogP contribution in [-0.2, 0) is 11.3 Å². The van der Waals surface area contributed by atoms with Crippen LogP contribution in [0.25, 0.3) is 10.6 Å². The van der Waals surface area contributed by atoms with Crippen LogP contribution in [-0.4, -0.2) is 22.2 Å². The highest BCUT2D eigenvalue weighted by Gasteiger charge is 2.29. The summed E-state index contributed by atoms with van der Waals surface area (Å²) in [7, 11) is 0. The maximum atomic E-state index is 11.5. The molecule has 1 aliphatic rings. The lowest BCUT2D eigenvalue weighted by molar-refractivity contribution is -0.122. The Morgan fingerprint density at radius 2 is 2.42 bits per heavy atom. The van der Waals surface area contributed by atoms with Crippen molar-refractivity contribution in [3.63, 3.8) is 0 Å². The molecule has 3 rings (SSSR count). The van der Waals surface area contributed by atoms with Gasteiger partial charge in [-0.25, -0.2) is 0 Å². The predicted molar refractivity (Wildman–Crippen MR) is 76.0 cm³/mol. The van der Waals surface area contributed by atoms with E-state index in [4.69, 9.17) is 0 Å². The summed E-state index contributed by atoms with van der Waals surface area (Å²) in [5.41, 5.74) is 2.14. The second kappa shape index (κ2) is 5.17. The lowest BCUT2D eigenvalue weighted by atomic mass is 10.3. The van der Waals surface area contributed by atoms with E-state index in [1.54, 1.807) is 11.3 Å². The number of nitrogens with one attached hydrogen (secondary N) is 1. The fraction of sp³-hybridized carbons (Fsp3) is 0.429. The standard InChI is InChI=1S/C14H17N3OS/c1-10-9-12(13-3-2-8-19-13)16-17(10)7-6-15-14(18)11-4-5-11/h2-3,8-9,11H,4-7H2,1H3,(H,15,18). The summed E-state index contributed by atoms with van der Waals surface area (Å²) < 4.78 is 1.96. The Morgan fingerprint density at radius 3 is 3.11 bits per heavy atom. The molecule has 1 saturated carbocycles.